The molecule has 178 valence electrons. The average Bonchev–Trinajstić information content (AvgIpc) is 3.41. The first-order valence-electron chi connectivity index (χ1n) is 11.2. The third kappa shape index (κ3) is 4.45. The number of amides is 4. The second-order valence-corrected chi connectivity index (χ2v) is 8.45. The Kier molecular flexibility index (Phi) is 5.69. The molecule has 2 aromatic heterocycles. The minimum absolute atomic E-state index is 0.0280. The lowest BCUT2D eigenvalue weighted by Gasteiger charge is -2.22. The Balaban J connectivity index is 1.26. The number of carbonyl (C=O) groups excluding carboxylic acids is 3. The summed E-state index contributed by atoms with van der Waals surface area (Å²) in [6.45, 7) is 2.18. The number of carbonyl (C=O) groups is 3. The van der Waals surface area contributed by atoms with Crippen LogP contribution in [0.25, 0.3) is 16.5 Å². The van der Waals surface area contributed by atoms with E-state index in [0.29, 0.717) is 17.5 Å². The summed E-state index contributed by atoms with van der Waals surface area (Å²) in [6.07, 6.45) is 5.82. The zero-order valence-electron chi connectivity index (χ0n) is 19.0. The molecule has 1 fully saturated rings. The van der Waals surface area contributed by atoms with E-state index in [0.717, 1.165) is 22.5 Å². The number of piperidine rings is 1. The van der Waals surface area contributed by atoms with Crippen molar-refractivity contribution in [2.24, 2.45) is 0 Å². The van der Waals surface area contributed by atoms with Crippen LogP contribution < -0.4 is 16.0 Å². The molecule has 5 rings (SSSR count). The van der Waals surface area contributed by atoms with Crippen molar-refractivity contribution in [2.45, 2.75) is 32.4 Å². The maximum absolute atomic E-state index is 12.5. The van der Waals surface area contributed by atoms with E-state index in [9.17, 15) is 19.5 Å². The third-order valence-electron chi connectivity index (χ3n) is 6.09. The first-order valence-corrected chi connectivity index (χ1v) is 11.2. The molecule has 2 aromatic carbocycles. The van der Waals surface area contributed by atoms with E-state index in [2.05, 4.69) is 20.9 Å². The number of hydrogen-bond donors (Lipinski definition) is 4. The van der Waals surface area contributed by atoms with Gasteiger partial charge in [-0.1, -0.05) is 12.1 Å². The molecule has 0 aliphatic carbocycles. The minimum atomic E-state index is -0.644. The quantitative estimate of drug-likeness (QED) is 0.332. The van der Waals surface area contributed by atoms with Crippen LogP contribution in [0.4, 0.5) is 10.5 Å². The molecule has 0 bridgehead atoms. The average molecular weight is 473 g/mol. The van der Waals surface area contributed by atoms with Crippen molar-refractivity contribution in [1.29, 1.82) is 0 Å². The number of imide groups is 1. The number of rotatable bonds is 5. The topological polar surface area (TPSA) is 130 Å². The van der Waals surface area contributed by atoms with Crippen molar-refractivity contribution in [2.75, 3.05) is 5.32 Å². The summed E-state index contributed by atoms with van der Waals surface area (Å²) in [5.74, 6) is 0.0829. The second kappa shape index (κ2) is 8.98. The number of hydrogen-bond acceptors (Lipinski definition) is 5. The smallest absolute Gasteiger partial charge is 0.319 e. The summed E-state index contributed by atoms with van der Waals surface area (Å²) in [7, 11) is 0. The summed E-state index contributed by atoms with van der Waals surface area (Å²) >= 11 is 0. The zero-order chi connectivity index (χ0) is 24.5. The Bertz CT molecular complexity index is 1450. The molecular formula is C25H24N6O4. The number of anilines is 1. The normalized spacial score (nSPS) is 15.7. The van der Waals surface area contributed by atoms with Crippen LogP contribution in [0.1, 0.15) is 30.3 Å². The van der Waals surface area contributed by atoms with Crippen molar-refractivity contribution >= 4 is 34.3 Å². The first-order chi connectivity index (χ1) is 16.9. The molecule has 1 aliphatic rings. The predicted molar refractivity (Wildman–Crippen MR) is 129 cm³/mol. The van der Waals surface area contributed by atoms with Crippen molar-refractivity contribution in [3.8, 4) is 11.6 Å². The second-order valence-electron chi connectivity index (χ2n) is 8.45. The van der Waals surface area contributed by atoms with Crippen LogP contribution in [0, 0.1) is 6.92 Å². The fourth-order valence-electron chi connectivity index (χ4n) is 4.31. The lowest BCUT2D eigenvalue weighted by molar-refractivity contribution is -0.135. The number of benzene rings is 2. The number of aryl methyl sites for hydroxylation is 1. The summed E-state index contributed by atoms with van der Waals surface area (Å²) in [6, 6.07) is 11.9. The molecule has 10 nitrogen and oxygen atoms in total. The minimum Gasteiger partial charge on any atom is -0.494 e. The molecule has 0 spiro atoms. The van der Waals surface area contributed by atoms with Gasteiger partial charge in [0.2, 0.25) is 11.8 Å². The maximum Gasteiger partial charge on any atom is 0.319 e. The number of aromatic nitrogens is 3. The number of nitrogens with one attached hydrogen (secondary N) is 3. The van der Waals surface area contributed by atoms with Gasteiger partial charge in [0.05, 0.1) is 0 Å². The van der Waals surface area contributed by atoms with E-state index in [1.807, 2.05) is 48.0 Å². The van der Waals surface area contributed by atoms with Crippen LogP contribution in [-0.4, -0.2) is 37.1 Å². The molecule has 0 saturated carbocycles. The van der Waals surface area contributed by atoms with Gasteiger partial charge in [-0.25, -0.2) is 9.78 Å². The van der Waals surface area contributed by atoms with Crippen molar-refractivity contribution in [3.63, 3.8) is 0 Å². The van der Waals surface area contributed by atoms with Gasteiger partial charge in [-0.15, -0.1) is 0 Å². The predicted octanol–water partition coefficient (Wildman–Crippen LogP) is 3.14. The number of nitrogens with zero attached hydrogens (tertiary/aromatic N) is 3. The molecule has 4 N–H and O–H groups in total. The Morgan fingerprint density at radius 1 is 1.23 bits per heavy atom. The summed E-state index contributed by atoms with van der Waals surface area (Å²) in [4.78, 5) is 40.3. The molecular weight excluding hydrogens is 448 g/mol. The molecule has 35 heavy (non-hydrogen) atoms. The van der Waals surface area contributed by atoms with Crippen LogP contribution in [0.2, 0.25) is 0 Å². The fourth-order valence-corrected chi connectivity index (χ4v) is 4.31. The highest BCUT2D eigenvalue weighted by molar-refractivity contribution is 6.00. The van der Waals surface area contributed by atoms with Crippen molar-refractivity contribution in [1.82, 2.24) is 24.8 Å². The molecule has 1 saturated heterocycles. The van der Waals surface area contributed by atoms with Crippen LogP contribution in [0.15, 0.2) is 61.1 Å². The Morgan fingerprint density at radius 3 is 2.86 bits per heavy atom. The zero-order valence-corrected chi connectivity index (χ0v) is 19.0. The summed E-state index contributed by atoms with van der Waals surface area (Å²) in [5.41, 5.74) is 2.37. The Hall–Kier alpha value is -4.60. The summed E-state index contributed by atoms with van der Waals surface area (Å²) in [5, 5.41) is 19.9. The number of fused-ring (bicyclic) bond motifs is 1. The van der Waals surface area contributed by atoms with Gasteiger partial charge in [-0.05, 0) is 49.2 Å². The largest absolute Gasteiger partial charge is 0.494 e. The molecule has 1 aliphatic heterocycles. The van der Waals surface area contributed by atoms with E-state index in [-0.39, 0.29) is 30.8 Å². The van der Waals surface area contributed by atoms with Gasteiger partial charge in [0.25, 0.3) is 0 Å². The van der Waals surface area contributed by atoms with Crippen LogP contribution in [-0.2, 0) is 16.1 Å². The van der Waals surface area contributed by atoms with Gasteiger partial charge in [0.15, 0.2) is 5.88 Å². The van der Waals surface area contributed by atoms with Crippen LogP contribution in [0.5, 0.6) is 5.88 Å². The third-order valence-corrected chi connectivity index (χ3v) is 6.09. The van der Waals surface area contributed by atoms with Gasteiger partial charge < -0.3 is 24.9 Å². The maximum atomic E-state index is 12.5. The highest BCUT2D eigenvalue weighted by Gasteiger charge is 2.30. The number of urea groups is 1. The number of aromatic hydroxyl groups is 1. The Morgan fingerprint density at radius 2 is 2.09 bits per heavy atom. The molecule has 1 atom stereocenters. The van der Waals surface area contributed by atoms with Gasteiger partial charge in [0.1, 0.15) is 11.9 Å². The molecule has 10 heteroatoms. The molecule has 4 amide bonds. The van der Waals surface area contributed by atoms with E-state index < -0.39 is 11.9 Å². The van der Waals surface area contributed by atoms with Gasteiger partial charge in [-0.2, -0.15) is 0 Å². The fraction of sp³-hybridized carbons (Fsp3) is 0.200. The SMILES string of the molecule is Cc1nccn1-c1cccc(NC(=O)NCc2ccc3c(O)n(C4CCC(=O)NC4=O)cc3c2)c1. The monoisotopic (exact) mass is 472 g/mol. The highest BCUT2D eigenvalue weighted by atomic mass is 16.3. The van der Waals surface area contributed by atoms with E-state index in [4.69, 9.17) is 0 Å². The van der Waals surface area contributed by atoms with Crippen LogP contribution in [0.3, 0.4) is 0 Å². The van der Waals surface area contributed by atoms with Crippen molar-refractivity contribution < 1.29 is 19.5 Å². The van der Waals surface area contributed by atoms with Gasteiger partial charge in [0, 0.05) is 53.7 Å². The Labute approximate surface area is 200 Å². The van der Waals surface area contributed by atoms with Crippen molar-refractivity contribution in [3.05, 3.63) is 72.4 Å². The van der Waals surface area contributed by atoms with E-state index in [1.54, 1.807) is 24.5 Å². The highest BCUT2D eigenvalue weighted by Crippen LogP contribution is 2.33. The standard InChI is InChI=1S/C25H24N6O4/c1-15-26-9-10-30(15)19-4-2-3-18(12-19)28-25(35)27-13-16-5-6-20-17(11-16)14-31(24(20)34)21-7-8-22(32)29-23(21)33/h2-6,9-12,14,21,34H,7-8,13H2,1H3,(H2,27,28,35)(H,29,32,33). The lowest BCUT2D eigenvalue weighted by Crippen LogP contribution is -2.41. The lowest BCUT2D eigenvalue weighted by atomic mass is 10.1. The molecule has 3 heterocycles. The van der Waals surface area contributed by atoms with Gasteiger partial charge in [-0.3, -0.25) is 14.9 Å². The van der Waals surface area contributed by atoms with Gasteiger partial charge >= 0.3 is 6.03 Å². The van der Waals surface area contributed by atoms with Crippen LogP contribution >= 0.6 is 0 Å². The molecule has 0 radical (unpaired) electrons. The summed E-state index contributed by atoms with van der Waals surface area (Å²) < 4.78 is 3.42. The number of imidazole rings is 1. The molecule has 1 unspecified atom stereocenters. The van der Waals surface area contributed by atoms with E-state index >= 15 is 0 Å². The van der Waals surface area contributed by atoms with E-state index in [1.165, 1.54) is 4.57 Å². The molecule has 4 aromatic rings. The first kappa shape index (κ1) is 22.2.